The van der Waals surface area contributed by atoms with Crippen molar-refractivity contribution in [2.45, 2.75) is 19.4 Å². The van der Waals surface area contributed by atoms with E-state index >= 15 is 0 Å². The van der Waals surface area contributed by atoms with Crippen LogP contribution in [0.3, 0.4) is 0 Å². The van der Waals surface area contributed by atoms with Gasteiger partial charge in [0.2, 0.25) is 0 Å². The molecule has 86 valence electrons. The van der Waals surface area contributed by atoms with Crippen LogP contribution in [0.5, 0.6) is 0 Å². The summed E-state index contributed by atoms with van der Waals surface area (Å²) in [7, 11) is 0. The molecule has 16 heavy (non-hydrogen) atoms. The van der Waals surface area contributed by atoms with Crippen LogP contribution in [-0.4, -0.2) is 18.1 Å². The number of anilines is 1. The van der Waals surface area contributed by atoms with E-state index in [0.29, 0.717) is 16.6 Å². The van der Waals surface area contributed by atoms with Crippen LogP contribution in [-0.2, 0) is 0 Å². The first kappa shape index (κ1) is 13.2. The number of nitrogens with zero attached hydrogens (tertiary/aromatic N) is 1. The maximum atomic E-state index is 9.01. The van der Waals surface area contributed by atoms with Crippen LogP contribution < -0.4 is 5.32 Å². The zero-order valence-electron chi connectivity index (χ0n) is 9.46. The lowest BCUT2D eigenvalue weighted by molar-refractivity contribution is 0.772. The third-order valence-electron chi connectivity index (χ3n) is 2.28. The van der Waals surface area contributed by atoms with Gasteiger partial charge in [-0.15, -0.1) is 0 Å². The van der Waals surface area contributed by atoms with Gasteiger partial charge in [0.15, 0.2) is 0 Å². The lowest BCUT2D eigenvalue weighted by Gasteiger charge is -2.16. The molecule has 1 unspecified atom stereocenters. The van der Waals surface area contributed by atoms with Gasteiger partial charge in [0.1, 0.15) is 6.07 Å². The van der Waals surface area contributed by atoms with Crippen molar-refractivity contribution in [1.82, 2.24) is 0 Å². The Kier molecular flexibility index (Phi) is 5.51. The molecule has 0 aliphatic rings. The monoisotopic (exact) mass is 254 g/mol. The number of thioether (sulfide) groups is 1. The van der Waals surface area contributed by atoms with Gasteiger partial charge in [0.25, 0.3) is 0 Å². The summed E-state index contributed by atoms with van der Waals surface area (Å²) in [5.74, 6) is 1.11. The summed E-state index contributed by atoms with van der Waals surface area (Å²) in [4.78, 5) is 0. The average Bonchev–Trinajstić information content (AvgIpc) is 2.27. The minimum Gasteiger partial charge on any atom is -0.381 e. The maximum absolute atomic E-state index is 9.01. The molecule has 0 fully saturated rings. The normalized spacial score (nSPS) is 11.9. The Morgan fingerprint density at radius 1 is 1.56 bits per heavy atom. The predicted octanol–water partition coefficient (Wildman–Crippen LogP) is 3.77. The van der Waals surface area contributed by atoms with Crippen LogP contribution in [0.15, 0.2) is 18.2 Å². The molecular formula is C12H15ClN2S. The highest BCUT2D eigenvalue weighted by Crippen LogP contribution is 2.24. The molecule has 0 aliphatic carbocycles. The van der Waals surface area contributed by atoms with Crippen molar-refractivity contribution in [3.63, 3.8) is 0 Å². The first-order chi connectivity index (χ1) is 7.69. The number of benzene rings is 1. The van der Waals surface area contributed by atoms with Crippen LogP contribution in [0, 0.1) is 11.3 Å². The number of nitrogens with one attached hydrogen (secondary N) is 1. The van der Waals surface area contributed by atoms with E-state index in [4.69, 9.17) is 16.9 Å². The molecule has 1 rings (SSSR count). The fraction of sp³-hybridized carbons (Fsp3) is 0.417. The molecule has 0 spiro atoms. The molecule has 0 saturated carbocycles. The summed E-state index contributed by atoms with van der Waals surface area (Å²) in [6, 6.07) is 7.95. The second kappa shape index (κ2) is 6.67. The van der Waals surface area contributed by atoms with Gasteiger partial charge in [0, 0.05) is 6.04 Å². The quantitative estimate of drug-likeness (QED) is 0.869. The Bertz CT molecular complexity index is 387. The third-order valence-corrected chi connectivity index (χ3v) is 3.24. The van der Waals surface area contributed by atoms with Gasteiger partial charge in [-0.25, -0.2) is 0 Å². The molecule has 0 amide bonds. The van der Waals surface area contributed by atoms with E-state index in [1.54, 1.807) is 6.07 Å². The fourth-order valence-corrected chi connectivity index (χ4v) is 2.20. The van der Waals surface area contributed by atoms with Crippen molar-refractivity contribution < 1.29 is 0 Å². The second-order valence-electron chi connectivity index (χ2n) is 3.60. The summed E-state index contributed by atoms with van der Waals surface area (Å²) >= 11 is 7.77. The molecule has 0 saturated heterocycles. The van der Waals surface area contributed by atoms with E-state index < -0.39 is 0 Å². The van der Waals surface area contributed by atoms with Crippen LogP contribution >= 0.6 is 23.4 Å². The topological polar surface area (TPSA) is 35.8 Å². The summed E-state index contributed by atoms with van der Waals surface area (Å²) in [5.41, 5.74) is 1.35. The van der Waals surface area contributed by atoms with Crippen LogP contribution in [0.25, 0.3) is 0 Å². The summed E-state index contributed by atoms with van der Waals surface area (Å²) in [6.07, 6.45) is 3.16. The van der Waals surface area contributed by atoms with Gasteiger partial charge < -0.3 is 5.32 Å². The third kappa shape index (κ3) is 3.62. The van der Waals surface area contributed by atoms with E-state index in [1.165, 1.54) is 0 Å². The van der Waals surface area contributed by atoms with Crippen LogP contribution in [0.4, 0.5) is 5.69 Å². The van der Waals surface area contributed by atoms with Gasteiger partial charge in [-0.05, 0) is 37.5 Å². The van der Waals surface area contributed by atoms with Gasteiger partial charge in [-0.3, -0.25) is 0 Å². The molecule has 0 aliphatic heterocycles. The summed E-state index contributed by atoms with van der Waals surface area (Å²) < 4.78 is 0. The lowest BCUT2D eigenvalue weighted by Crippen LogP contribution is -2.16. The molecule has 0 aromatic heterocycles. The minimum absolute atomic E-state index is 0.345. The highest BCUT2D eigenvalue weighted by Gasteiger charge is 2.08. The Morgan fingerprint density at radius 3 is 2.94 bits per heavy atom. The fourth-order valence-electron chi connectivity index (χ4n) is 1.39. The zero-order chi connectivity index (χ0) is 12.0. The molecule has 1 aromatic carbocycles. The van der Waals surface area contributed by atoms with Gasteiger partial charge in [-0.1, -0.05) is 17.7 Å². The number of hydrogen-bond donors (Lipinski definition) is 1. The standard InChI is InChI=1S/C12H15ClN2S/c1-9(6-7-16-2)15-12-5-3-4-11(13)10(12)8-14/h3-5,9,15H,6-7H2,1-2H3. The number of hydrogen-bond acceptors (Lipinski definition) is 3. The summed E-state index contributed by atoms with van der Waals surface area (Å²) in [5, 5.41) is 12.8. The first-order valence-corrected chi connectivity index (χ1v) is 6.90. The maximum Gasteiger partial charge on any atom is 0.103 e. The average molecular weight is 255 g/mol. The van der Waals surface area contributed by atoms with E-state index in [-0.39, 0.29) is 0 Å². The minimum atomic E-state index is 0.345. The van der Waals surface area contributed by atoms with E-state index in [2.05, 4.69) is 24.6 Å². The smallest absolute Gasteiger partial charge is 0.103 e. The molecule has 0 bridgehead atoms. The highest BCUT2D eigenvalue weighted by molar-refractivity contribution is 7.98. The molecule has 1 N–H and O–H groups in total. The number of rotatable bonds is 5. The van der Waals surface area contributed by atoms with Crippen molar-refractivity contribution in [2.24, 2.45) is 0 Å². The number of halogens is 1. The van der Waals surface area contributed by atoms with Crippen molar-refractivity contribution in [3.8, 4) is 6.07 Å². The molecule has 1 atom stereocenters. The Hall–Kier alpha value is -0.850. The Labute approximate surface area is 106 Å². The molecule has 1 aromatic rings. The van der Waals surface area contributed by atoms with E-state index in [1.807, 2.05) is 23.9 Å². The number of nitriles is 1. The molecule has 4 heteroatoms. The predicted molar refractivity (Wildman–Crippen MR) is 72.3 cm³/mol. The lowest BCUT2D eigenvalue weighted by atomic mass is 10.1. The van der Waals surface area contributed by atoms with Gasteiger partial charge in [-0.2, -0.15) is 17.0 Å². The van der Waals surface area contributed by atoms with E-state index in [9.17, 15) is 0 Å². The van der Waals surface area contributed by atoms with Crippen molar-refractivity contribution >= 4 is 29.1 Å². The Balaban J connectivity index is 2.74. The van der Waals surface area contributed by atoms with E-state index in [0.717, 1.165) is 17.9 Å². The van der Waals surface area contributed by atoms with Crippen molar-refractivity contribution in [2.75, 3.05) is 17.3 Å². The molecule has 0 heterocycles. The highest BCUT2D eigenvalue weighted by atomic mass is 35.5. The van der Waals surface area contributed by atoms with Gasteiger partial charge >= 0.3 is 0 Å². The van der Waals surface area contributed by atoms with Gasteiger partial charge in [0.05, 0.1) is 16.3 Å². The van der Waals surface area contributed by atoms with Crippen molar-refractivity contribution in [1.29, 1.82) is 5.26 Å². The van der Waals surface area contributed by atoms with Crippen LogP contribution in [0.1, 0.15) is 18.9 Å². The van der Waals surface area contributed by atoms with Crippen molar-refractivity contribution in [3.05, 3.63) is 28.8 Å². The largest absolute Gasteiger partial charge is 0.381 e. The summed E-state index contributed by atoms with van der Waals surface area (Å²) in [6.45, 7) is 2.11. The second-order valence-corrected chi connectivity index (χ2v) is 4.99. The first-order valence-electron chi connectivity index (χ1n) is 5.13. The SMILES string of the molecule is CSCCC(C)Nc1cccc(Cl)c1C#N. The molecular weight excluding hydrogens is 240 g/mol. The van der Waals surface area contributed by atoms with Crippen LogP contribution in [0.2, 0.25) is 5.02 Å². The Morgan fingerprint density at radius 2 is 2.31 bits per heavy atom. The zero-order valence-corrected chi connectivity index (χ0v) is 11.0. The molecule has 2 nitrogen and oxygen atoms in total. The molecule has 0 radical (unpaired) electrons.